The fourth-order valence-corrected chi connectivity index (χ4v) is 5.07. The number of fused-ring (bicyclic) bond motifs is 1. The van der Waals surface area contributed by atoms with Gasteiger partial charge in [-0.3, -0.25) is 4.98 Å². The molecule has 0 spiro atoms. The van der Waals surface area contributed by atoms with Crippen molar-refractivity contribution in [1.29, 1.82) is 0 Å². The molecule has 1 fully saturated rings. The molecule has 144 valence electrons. The molecule has 1 aliphatic heterocycles. The maximum atomic E-state index is 13.0. The van der Waals surface area contributed by atoms with Crippen LogP contribution in [0.25, 0.3) is 10.9 Å². The molecule has 1 aromatic carbocycles. The van der Waals surface area contributed by atoms with E-state index in [4.69, 9.17) is 4.74 Å². The Hall–Kier alpha value is -1.25. The average Bonchev–Trinajstić information content (AvgIpc) is 2.61. The van der Waals surface area contributed by atoms with Crippen LogP contribution in [-0.2, 0) is 14.8 Å². The number of hydrogen-bond acceptors (Lipinski definition) is 5. The van der Waals surface area contributed by atoms with Crippen molar-refractivity contribution in [2.45, 2.75) is 24.7 Å². The third-order valence-electron chi connectivity index (χ3n) is 4.95. The van der Waals surface area contributed by atoms with Gasteiger partial charge in [-0.1, -0.05) is 18.2 Å². The lowest BCUT2D eigenvalue weighted by Gasteiger charge is -2.37. The molecule has 2 aromatic rings. The summed E-state index contributed by atoms with van der Waals surface area (Å²) in [5, 5.41) is 4.14. The molecule has 8 heteroatoms. The Kier molecular flexibility index (Phi) is 6.99. The second-order valence-electron chi connectivity index (χ2n) is 6.79. The van der Waals surface area contributed by atoms with Crippen LogP contribution in [0.15, 0.2) is 35.4 Å². The van der Waals surface area contributed by atoms with Gasteiger partial charge in [0.25, 0.3) is 0 Å². The highest BCUT2D eigenvalue weighted by Gasteiger charge is 2.34. The van der Waals surface area contributed by atoms with Crippen LogP contribution in [0.1, 0.15) is 18.4 Å². The highest BCUT2D eigenvalue weighted by Crippen LogP contribution is 2.30. The van der Waals surface area contributed by atoms with Gasteiger partial charge in [-0.15, -0.1) is 12.4 Å². The van der Waals surface area contributed by atoms with Gasteiger partial charge in [-0.05, 0) is 44.5 Å². The van der Waals surface area contributed by atoms with Gasteiger partial charge in [0.15, 0.2) is 0 Å². The number of piperidine rings is 1. The Morgan fingerprint density at radius 1 is 1.27 bits per heavy atom. The number of ether oxygens (including phenoxy) is 1. The second kappa shape index (κ2) is 8.63. The molecule has 1 saturated heterocycles. The molecule has 0 atom stereocenters. The lowest BCUT2D eigenvalue weighted by atomic mass is 9.80. The minimum absolute atomic E-state index is 0. The van der Waals surface area contributed by atoms with Crippen molar-refractivity contribution in [2.75, 3.05) is 33.4 Å². The fraction of sp³-hybridized carbons (Fsp3) is 0.500. The number of nitrogens with zero attached hydrogens (tertiary/aromatic N) is 1. The normalized spacial score (nSPS) is 17.0. The van der Waals surface area contributed by atoms with E-state index in [0.717, 1.165) is 31.3 Å². The largest absolute Gasteiger partial charge is 0.384 e. The summed E-state index contributed by atoms with van der Waals surface area (Å²) >= 11 is 0. The van der Waals surface area contributed by atoms with Gasteiger partial charge in [0, 0.05) is 30.7 Å². The zero-order chi connectivity index (χ0) is 17.9. The van der Waals surface area contributed by atoms with E-state index in [2.05, 4.69) is 15.0 Å². The average molecular weight is 400 g/mol. The highest BCUT2D eigenvalue weighted by molar-refractivity contribution is 7.89. The zero-order valence-electron chi connectivity index (χ0n) is 15.1. The van der Waals surface area contributed by atoms with Crippen molar-refractivity contribution >= 4 is 33.3 Å². The van der Waals surface area contributed by atoms with Gasteiger partial charge in [0.05, 0.1) is 12.1 Å². The minimum Gasteiger partial charge on any atom is -0.384 e. The van der Waals surface area contributed by atoms with Crippen LogP contribution in [0, 0.1) is 12.3 Å². The Labute approximate surface area is 161 Å². The fourth-order valence-electron chi connectivity index (χ4n) is 3.51. The number of halogens is 1. The number of sulfonamides is 1. The molecular formula is C18H26ClN3O3S. The SMILES string of the molecule is COCC1(CNS(=O)(=O)c2c(C)ccc3cccnc23)CCNCC1.Cl. The number of aryl methyl sites for hydroxylation is 1. The number of methoxy groups -OCH3 is 1. The molecule has 26 heavy (non-hydrogen) atoms. The van der Waals surface area contributed by atoms with Crippen LogP contribution in [0.2, 0.25) is 0 Å². The molecule has 0 bridgehead atoms. The van der Waals surface area contributed by atoms with Crippen molar-refractivity contribution in [3.63, 3.8) is 0 Å². The van der Waals surface area contributed by atoms with E-state index < -0.39 is 10.0 Å². The molecule has 0 unspecified atom stereocenters. The summed E-state index contributed by atoms with van der Waals surface area (Å²) in [6.07, 6.45) is 3.40. The zero-order valence-corrected chi connectivity index (χ0v) is 16.8. The summed E-state index contributed by atoms with van der Waals surface area (Å²) in [6.45, 7) is 4.47. The summed E-state index contributed by atoms with van der Waals surface area (Å²) in [5.41, 5.74) is 1.05. The van der Waals surface area contributed by atoms with Crippen LogP contribution in [0.3, 0.4) is 0 Å². The molecule has 0 amide bonds. The van der Waals surface area contributed by atoms with Crippen LogP contribution < -0.4 is 10.0 Å². The Morgan fingerprint density at radius 3 is 2.69 bits per heavy atom. The van der Waals surface area contributed by atoms with Crippen molar-refractivity contribution in [3.8, 4) is 0 Å². The summed E-state index contributed by atoms with van der Waals surface area (Å²) < 4.78 is 34.3. The third kappa shape index (κ3) is 4.35. The lowest BCUT2D eigenvalue weighted by Crippen LogP contribution is -2.47. The van der Waals surface area contributed by atoms with E-state index in [-0.39, 0.29) is 22.7 Å². The van der Waals surface area contributed by atoms with E-state index in [0.29, 0.717) is 24.2 Å². The first kappa shape index (κ1) is 21.1. The number of pyridine rings is 1. The quantitative estimate of drug-likeness (QED) is 0.778. The van der Waals surface area contributed by atoms with Gasteiger partial charge in [-0.2, -0.15) is 0 Å². The number of benzene rings is 1. The molecule has 1 aromatic heterocycles. The van der Waals surface area contributed by atoms with E-state index in [1.807, 2.05) is 24.3 Å². The maximum Gasteiger partial charge on any atom is 0.243 e. The Bertz CT molecular complexity index is 846. The molecule has 2 heterocycles. The summed E-state index contributed by atoms with van der Waals surface area (Å²) in [4.78, 5) is 4.57. The van der Waals surface area contributed by atoms with Crippen LogP contribution >= 0.6 is 12.4 Å². The molecule has 3 rings (SSSR count). The van der Waals surface area contributed by atoms with E-state index in [1.165, 1.54) is 0 Å². The van der Waals surface area contributed by atoms with Gasteiger partial charge in [0.1, 0.15) is 4.90 Å². The topological polar surface area (TPSA) is 80.3 Å². The Morgan fingerprint density at radius 2 is 2.00 bits per heavy atom. The lowest BCUT2D eigenvalue weighted by molar-refractivity contribution is 0.0577. The molecule has 0 radical (unpaired) electrons. The standard InChI is InChI=1S/C18H25N3O3S.ClH/c1-14-5-6-15-4-3-9-20-16(15)17(14)25(22,23)21-12-18(13-24-2)7-10-19-11-8-18;/h3-6,9,19,21H,7-8,10-13H2,1-2H3;1H. The van der Waals surface area contributed by atoms with Crippen LogP contribution in [-0.4, -0.2) is 46.8 Å². The molecule has 2 N–H and O–H groups in total. The first-order chi connectivity index (χ1) is 12.0. The predicted octanol–water partition coefficient (Wildman–Crippen LogP) is 2.26. The predicted molar refractivity (Wildman–Crippen MR) is 105 cm³/mol. The Balaban J connectivity index is 0.00000243. The second-order valence-corrected chi connectivity index (χ2v) is 8.50. The highest BCUT2D eigenvalue weighted by atomic mass is 35.5. The smallest absolute Gasteiger partial charge is 0.243 e. The molecule has 1 aliphatic rings. The van der Waals surface area contributed by atoms with Crippen molar-refractivity contribution in [1.82, 2.24) is 15.0 Å². The maximum absolute atomic E-state index is 13.0. The van der Waals surface area contributed by atoms with Crippen molar-refractivity contribution in [2.24, 2.45) is 5.41 Å². The number of hydrogen-bond donors (Lipinski definition) is 2. The van der Waals surface area contributed by atoms with Crippen LogP contribution in [0.5, 0.6) is 0 Å². The van der Waals surface area contributed by atoms with Crippen molar-refractivity contribution < 1.29 is 13.2 Å². The van der Waals surface area contributed by atoms with E-state index in [1.54, 1.807) is 20.2 Å². The van der Waals surface area contributed by atoms with Gasteiger partial charge < -0.3 is 10.1 Å². The third-order valence-corrected chi connectivity index (χ3v) is 6.52. The summed E-state index contributed by atoms with van der Waals surface area (Å²) in [7, 11) is -2.00. The first-order valence-electron chi connectivity index (χ1n) is 8.51. The summed E-state index contributed by atoms with van der Waals surface area (Å²) in [6, 6.07) is 7.41. The number of aromatic nitrogens is 1. The first-order valence-corrected chi connectivity index (χ1v) is 9.99. The van der Waals surface area contributed by atoms with E-state index >= 15 is 0 Å². The summed E-state index contributed by atoms with van der Waals surface area (Å²) in [5.74, 6) is 0. The molecule has 0 aliphatic carbocycles. The number of rotatable bonds is 6. The number of nitrogens with one attached hydrogen (secondary N) is 2. The minimum atomic E-state index is -3.66. The van der Waals surface area contributed by atoms with Gasteiger partial charge in [-0.25, -0.2) is 13.1 Å². The molecular weight excluding hydrogens is 374 g/mol. The van der Waals surface area contributed by atoms with Crippen LogP contribution in [0.4, 0.5) is 0 Å². The monoisotopic (exact) mass is 399 g/mol. The molecule has 6 nitrogen and oxygen atoms in total. The van der Waals surface area contributed by atoms with E-state index in [9.17, 15) is 8.42 Å². The van der Waals surface area contributed by atoms with Crippen molar-refractivity contribution in [3.05, 3.63) is 36.0 Å². The van der Waals surface area contributed by atoms with Gasteiger partial charge in [0.2, 0.25) is 10.0 Å². The van der Waals surface area contributed by atoms with Gasteiger partial charge >= 0.3 is 0 Å². The molecule has 0 saturated carbocycles.